The van der Waals surface area contributed by atoms with Crippen LogP contribution in [0.4, 0.5) is 5.69 Å². The fourth-order valence-electron chi connectivity index (χ4n) is 4.09. The molecular weight excluding hydrogens is 430 g/mol. The van der Waals surface area contributed by atoms with Gasteiger partial charge in [0.2, 0.25) is 0 Å². The van der Waals surface area contributed by atoms with E-state index in [4.69, 9.17) is 28.8 Å². The lowest BCUT2D eigenvalue weighted by Crippen LogP contribution is -2.52. The minimum atomic E-state index is -0.905. The SMILES string of the molecule is CN1c2ccc(Cl)cc2C(c2ccccc2)=NC(NC(=S)NCC2CCCNC2)C1O. The molecular formula is C23H28ClN5OS. The van der Waals surface area contributed by atoms with E-state index in [0.717, 1.165) is 42.2 Å². The summed E-state index contributed by atoms with van der Waals surface area (Å²) >= 11 is 11.9. The summed E-state index contributed by atoms with van der Waals surface area (Å²) in [5.41, 5.74) is 3.44. The topological polar surface area (TPSA) is 71.9 Å². The highest BCUT2D eigenvalue weighted by atomic mass is 35.5. The van der Waals surface area contributed by atoms with Gasteiger partial charge in [-0.3, -0.25) is 4.99 Å². The lowest BCUT2D eigenvalue weighted by atomic mass is 10.00. The normalized spacial score (nSPS) is 23.4. The maximum atomic E-state index is 11.1. The van der Waals surface area contributed by atoms with Crippen molar-refractivity contribution < 1.29 is 5.11 Å². The summed E-state index contributed by atoms with van der Waals surface area (Å²) in [6.07, 6.45) is 0.821. The third-order valence-electron chi connectivity index (χ3n) is 5.82. The lowest BCUT2D eigenvalue weighted by molar-refractivity contribution is 0.140. The quantitative estimate of drug-likeness (QED) is 0.529. The van der Waals surface area contributed by atoms with E-state index in [0.29, 0.717) is 16.1 Å². The molecule has 4 N–H and O–H groups in total. The number of aliphatic imine (C=N–C) groups is 1. The molecule has 2 heterocycles. The van der Waals surface area contributed by atoms with Crippen molar-refractivity contribution in [2.45, 2.75) is 25.2 Å². The summed E-state index contributed by atoms with van der Waals surface area (Å²) in [4.78, 5) is 6.71. The van der Waals surface area contributed by atoms with Crippen LogP contribution in [0.2, 0.25) is 5.02 Å². The lowest BCUT2D eigenvalue weighted by Gasteiger charge is -2.30. The Hall–Kier alpha value is -2.19. The number of aliphatic hydroxyl groups excluding tert-OH is 1. The van der Waals surface area contributed by atoms with Crippen LogP contribution in [0.25, 0.3) is 0 Å². The highest BCUT2D eigenvalue weighted by Gasteiger charge is 2.31. The molecule has 0 bridgehead atoms. The average molecular weight is 458 g/mol. The van der Waals surface area contributed by atoms with E-state index < -0.39 is 12.4 Å². The largest absolute Gasteiger partial charge is 0.370 e. The fourth-order valence-corrected chi connectivity index (χ4v) is 4.46. The second kappa shape index (κ2) is 9.96. The molecule has 0 spiro atoms. The molecule has 0 radical (unpaired) electrons. The van der Waals surface area contributed by atoms with Crippen LogP contribution in [-0.4, -0.2) is 55.0 Å². The summed E-state index contributed by atoms with van der Waals surface area (Å²) in [7, 11) is 1.85. The number of benzodiazepines with no additional fused rings is 1. The van der Waals surface area contributed by atoms with Crippen LogP contribution in [0.3, 0.4) is 0 Å². The van der Waals surface area contributed by atoms with Gasteiger partial charge in [0, 0.05) is 35.4 Å². The van der Waals surface area contributed by atoms with Crippen molar-refractivity contribution >= 4 is 40.3 Å². The van der Waals surface area contributed by atoms with E-state index in [1.54, 1.807) is 4.90 Å². The number of fused-ring (bicyclic) bond motifs is 1. The number of piperidine rings is 1. The average Bonchev–Trinajstić information content (AvgIpc) is 2.89. The summed E-state index contributed by atoms with van der Waals surface area (Å²) in [6.45, 7) is 2.88. The molecule has 0 saturated carbocycles. The number of aliphatic hydroxyl groups is 1. The molecule has 2 aromatic carbocycles. The molecule has 1 saturated heterocycles. The second-order valence-corrected chi connectivity index (χ2v) is 8.89. The molecule has 3 unspecified atom stereocenters. The van der Waals surface area contributed by atoms with Crippen molar-refractivity contribution in [1.29, 1.82) is 0 Å². The molecule has 2 aromatic rings. The standard InChI is InChI=1S/C23H28ClN5OS/c1-29-19-10-9-17(24)12-18(19)20(16-7-3-2-4-8-16)27-21(22(29)30)28-23(31)26-14-15-6-5-11-25-13-15/h2-4,7-10,12,15,21-22,25,30H,5-6,11,13-14H2,1H3,(H2,26,28,31). The van der Waals surface area contributed by atoms with Gasteiger partial charge < -0.3 is 26.0 Å². The monoisotopic (exact) mass is 457 g/mol. The maximum Gasteiger partial charge on any atom is 0.168 e. The number of hydrogen-bond acceptors (Lipinski definition) is 5. The van der Waals surface area contributed by atoms with Crippen molar-refractivity contribution in [2.75, 3.05) is 31.6 Å². The van der Waals surface area contributed by atoms with E-state index in [1.807, 2.05) is 55.6 Å². The number of nitrogens with one attached hydrogen (secondary N) is 3. The highest BCUT2D eigenvalue weighted by molar-refractivity contribution is 7.80. The third kappa shape index (κ3) is 5.18. The molecule has 0 amide bonds. The fraction of sp³-hybridized carbons (Fsp3) is 0.391. The van der Waals surface area contributed by atoms with Crippen LogP contribution in [-0.2, 0) is 0 Å². The molecule has 2 aliphatic heterocycles. The molecule has 0 aromatic heterocycles. The van der Waals surface area contributed by atoms with Crippen LogP contribution in [0, 0.1) is 5.92 Å². The van der Waals surface area contributed by atoms with Crippen molar-refractivity contribution in [1.82, 2.24) is 16.0 Å². The molecule has 164 valence electrons. The minimum absolute atomic E-state index is 0.489. The number of nitrogens with zero attached hydrogens (tertiary/aromatic N) is 2. The van der Waals surface area contributed by atoms with E-state index in [9.17, 15) is 5.11 Å². The third-order valence-corrected chi connectivity index (χ3v) is 6.31. The second-order valence-electron chi connectivity index (χ2n) is 8.04. The molecule has 0 aliphatic carbocycles. The van der Waals surface area contributed by atoms with Gasteiger partial charge in [-0.25, -0.2) is 0 Å². The Balaban J connectivity index is 1.60. The minimum Gasteiger partial charge on any atom is -0.370 e. The van der Waals surface area contributed by atoms with Crippen LogP contribution in [0.5, 0.6) is 0 Å². The Morgan fingerprint density at radius 1 is 1.29 bits per heavy atom. The van der Waals surface area contributed by atoms with E-state index in [-0.39, 0.29) is 0 Å². The Bertz CT molecular complexity index is 948. The van der Waals surface area contributed by atoms with Crippen molar-refractivity contribution in [3.8, 4) is 0 Å². The van der Waals surface area contributed by atoms with Crippen molar-refractivity contribution in [2.24, 2.45) is 10.9 Å². The number of anilines is 1. The molecule has 31 heavy (non-hydrogen) atoms. The predicted octanol–water partition coefficient (Wildman–Crippen LogP) is 2.74. The van der Waals surface area contributed by atoms with Crippen LogP contribution in [0.1, 0.15) is 24.0 Å². The zero-order valence-electron chi connectivity index (χ0n) is 17.5. The van der Waals surface area contributed by atoms with Gasteiger partial charge in [-0.15, -0.1) is 0 Å². The number of halogens is 1. The van der Waals surface area contributed by atoms with Crippen molar-refractivity contribution in [3.63, 3.8) is 0 Å². The molecule has 3 atom stereocenters. The Morgan fingerprint density at radius 2 is 2.10 bits per heavy atom. The van der Waals surface area contributed by atoms with Crippen LogP contribution < -0.4 is 20.9 Å². The van der Waals surface area contributed by atoms with Gasteiger partial charge in [-0.1, -0.05) is 41.9 Å². The van der Waals surface area contributed by atoms with E-state index in [2.05, 4.69) is 16.0 Å². The van der Waals surface area contributed by atoms with Gasteiger partial charge in [0.05, 0.1) is 5.71 Å². The molecule has 4 rings (SSSR count). The molecule has 1 fully saturated rings. The number of thiocarbonyl (C=S) groups is 1. The van der Waals surface area contributed by atoms with Gasteiger partial charge in [0.1, 0.15) is 0 Å². The van der Waals surface area contributed by atoms with Gasteiger partial charge in [-0.2, -0.15) is 0 Å². The Kier molecular flexibility index (Phi) is 7.07. The first-order valence-electron chi connectivity index (χ1n) is 10.6. The van der Waals surface area contributed by atoms with E-state index in [1.165, 1.54) is 12.8 Å². The summed E-state index contributed by atoms with van der Waals surface area (Å²) < 4.78 is 0. The van der Waals surface area contributed by atoms with Gasteiger partial charge in [-0.05, 0) is 62.3 Å². The van der Waals surface area contributed by atoms with Crippen molar-refractivity contribution in [3.05, 3.63) is 64.7 Å². The number of benzene rings is 2. The molecule has 6 nitrogen and oxygen atoms in total. The van der Waals surface area contributed by atoms with Gasteiger partial charge in [0.25, 0.3) is 0 Å². The Labute approximate surface area is 193 Å². The van der Waals surface area contributed by atoms with Crippen LogP contribution >= 0.6 is 23.8 Å². The first-order chi connectivity index (χ1) is 15.0. The zero-order valence-corrected chi connectivity index (χ0v) is 19.1. The molecule has 2 aliphatic rings. The number of hydrogen-bond donors (Lipinski definition) is 4. The maximum absolute atomic E-state index is 11.1. The Morgan fingerprint density at radius 3 is 2.84 bits per heavy atom. The smallest absolute Gasteiger partial charge is 0.168 e. The first kappa shape index (κ1) is 22.0. The predicted molar refractivity (Wildman–Crippen MR) is 131 cm³/mol. The zero-order chi connectivity index (χ0) is 21.8. The number of rotatable bonds is 4. The summed E-state index contributed by atoms with van der Waals surface area (Å²) in [5, 5.41) is 22.1. The van der Waals surface area contributed by atoms with Gasteiger partial charge >= 0.3 is 0 Å². The highest BCUT2D eigenvalue weighted by Crippen LogP contribution is 2.31. The summed E-state index contributed by atoms with van der Waals surface area (Å²) in [6, 6.07) is 15.5. The first-order valence-corrected chi connectivity index (χ1v) is 11.4. The van der Waals surface area contributed by atoms with Crippen LogP contribution in [0.15, 0.2) is 53.5 Å². The van der Waals surface area contributed by atoms with Gasteiger partial charge in [0.15, 0.2) is 17.5 Å². The molecule has 8 heteroatoms. The summed E-state index contributed by atoms with van der Waals surface area (Å²) in [5.74, 6) is 0.546. The number of likely N-dealkylation sites (N-methyl/N-ethyl adjacent to an activating group) is 1. The van der Waals surface area contributed by atoms with E-state index >= 15 is 0 Å².